The van der Waals surface area contributed by atoms with Gasteiger partial charge in [0.25, 0.3) is 5.56 Å². The largest absolute Gasteiger partial charge is 0.335 e. The first-order valence-corrected chi connectivity index (χ1v) is 11.4. The van der Waals surface area contributed by atoms with E-state index in [2.05, 4.69) is 14.9 Å². The van der Waals surface area contributed by atoms with Gasteiger partial charge in [-0.25, -0.2) is 14.5 Å². The summed E-state index contributed by atoms with van der Waals surface area (Å²) >= 11 is 6.10. The molecule has 0 saturated heterocycles. The Kier molecular flexibility index (Phi) is 5.88. The molecular weight excluding hydrogens is 466 g/mol. The molecule has 5 rings (SSSR count). The number of aromatic amines is 1. The predicted octanol–water partition coefficient (Wildman–Crippen LogP) is 3.10. The summed E-state index contributed by atoms with van der Waals surface area (Å²) in [6.45, 7) is 1.03. The lowest BCUT2D eigenvalue weighted by molar-refractivity contribution is 0.312. The molecular formula is C25H24ClN7O2. The van der Waals surface area contributed by atoms with Gasteiger partial charge in [-0.05, 0) is 31.3 Å². The van der Waals surface area contributed by atoms with E-state index in [4.69, 9.17) is 16.7 Å². The summed E-state index contributed by atoms with van der Waals surface area (Å²) in [6.07, 6.45) is 2.02. The molecule has 0 aliphatic heterocycles. The van der Waals surface area contributed by atoms with Crippen LogP contribution in [-0.4, -0.2) is 40.8 Å². The second-order valence-corrected chi connectivity index (χ2v) is 8.99. The van der Waals surface area contributed by atoms with Crippen LogP contribution < -0.4 is 11.2 Å². The quantitative estimate of drug-likeness (QED) is 0.395. The maximum atomic E-state index is 12.5. The molecule has 0 fully saturated rings. The Morgan fingerprint density at radius 3 is 2.40 bits per heavy atom. The zero-order valence-corrected chi connectivity index (χ0v) is 20.3. The molecule has 3 heterocycles. The number of hydrogen-bond donors (Lipinski definition) is 1. The molecule has 35 heavy (non-hydrogen) atoms. The van der Waals surface area contributed by atoms with Gasteiger partial charge in [0, 0.05) is 43.0 Å². The Labute approximate surface area is 205 Å². The summed E-state index contributed by atoms with van der Waals surface area (Å²) in [6, 6.07) is 17.6. The lowest BCUT2D eigenvalue weighted by Gasteiger charge is -2.15. The Balaban J connectivity index is 1.47. The Hall–Kier alpha value is -3.95. The van der Waals surface area contributed by atoms with Crippen molar-refractivity contribution in [1.29, 1.82) is 0 Å². The number of fused-ring (bicyclic) bond motifs is 1. The minimum atomic E-state index is -0.408. The molecule has 178 valence electrons. The van der Waals surface area contributed by atoms with Crippen molar-refractivity contribution in [2.75, 3.05) is 7.05 Å². The molecule has 0 unspecified atom stereocenters. The zero-order chi connectivity index (χ0) is 24.7. The molecule has 0 radical (unpaired) electrons. The van der Waals surface area contributed by atoms with E-state index in [1.807, 2.05) is 72.5 Å². The minimum Gasteiger partial charge on any atom is -0.335 e. The Morgan fingerprint density at radius 2 is 1.69 bits per heavy atom. The van der Waals surface area contributed by atoms with Crippen molar-refractivity contribution >= 4 is 22.8 Å². The summed E-state index contributed by atoms with van der Waals surface area (Å²) in [5, 5.41) is 5.53. The third kappa shape index (κ3) is 4.31. The molecule has 9 nitrogen and oxygen atoms in total. The van der Waals surface area contributed by atoms with E-state index in [9.17, 15) is 9.59 Å². The number of hydrogen-bond acceptors (Lipinski definition) is 5. The van der Waals surface area contributed by atoms with Crippen LogP contribution in [0.5, 0.6) is 0 Å². The third-order valence-electron chi connectivity index (χ3n) is 5.93. The monoisotopic (exact) mass is 489 g/mol. The molecule has 0 amide bonds. The van der Waals surface area contributed by atoms with Crippen molar-refractivity contribution < 1.29 is 0 Å². The highest BCUT2D eigenvalue weighted by molar-refractivity contribution is 6.30. The second kappa shape index (κ2) is 9.01. The van der Waals surface area contributed by atoms with E-state index >= 15 is 0 Å². The van der Waals surface area contributed by atoms with E-state index in [-0.39, 0.29) is 0 Å². The number of benzene rings is 2. The number of halogens is 1. The first-order valence-electron chi connectivity index (χ1n) is 11.0. The third-order valence-corrected chi connectivity index (χ3v) is 6.18. The second-order valence-electron chi connectivity index (χ2n) is 8.55. The number of rotatable bonds is 6. The van der Waals surface area contributed by atoms with Crippen molar-refractivity contribution in [3.63, 3.8) is 0 Å². The molecule has 0 atom stereocenters. The summed E-state index contributed by atoms with van der Waals surface area (Å²) < 4.78 is 4.32. The molecule has 5 aromatic rings. The van der Waals surface area contributed by atoms with Gasteiger partial charge < -0.3 is 4.98 Å². The normalized spacial score (nSPS) is 11.6. The summed E-state index contributed by atoms with van der Waals surface area (Å²) in [7, 11) is 5.03. The molecule has 0 aliphatic rings. The average molecular weight is 490 g/mol. The van der Waals surface area contributed by atoms with Crippen LogP contribution in [0.25, 0.3) is 28.1 Å². The summed E-state index contributed by atoms with van der Waals surface area (Å²) in [5.74, 6) is 0.601. The highest BCUT2D eigenvalue weighted by Crippen LogP contribution is 2.26. The fourth-order valence-corrected chi connectivity index (χ4v) is 4.27. The number of imidazole rings is 1. The minimum absolute atomic E-state index is 0.316. The van der Waals surface area contributed by atoms with Crippen LogP contribution in [0.3, 0.4) is 0 Å². The van der Waals surface area contributed by atoms with Crippen LogP contribution in [0, 0.1) is 0 Å². The topological polar surface area (TPSA) is 93.7 Å². The molecule has 2 aromatic carbocycles. The molecule has 0 saturated carbocycles. The van der Waals surface area contributed by atoms with Crippen molar-refractivity contribution in [3.8, 4) is 16.9 Å². The van der Waals surface area contributed by atoms with Gasteiger partial charge in [-0.3, -0.25) is 18.8 Å². The first kappa shape index (κ1) is 22.8. The molecule has 10 heteroatoms. The van der Waals surface area contributed by atoms with Gasteiger partial charge in [0.1, 0.15) is 11.3 Å². The van der Waals surface area contributed by atoms with E-state index < -0.39 is 11.2 Å². The van der Waals surface area contributed by atoms with Gasteiger partial charge in [-0.15, -0.1) is 0 Å². The van der Waals surface area contributed by atoms with Crippen LogP contribution in [0.2, 0.25) is 5.02 Å². The summed E-state index contributed by atoms with van der Waals surface area (Å²) in [4.78, 5) is 34.4. The zero-order valence-electron chi connectivity index (χ0n) is 19.6. The van der Waals surface area contributed by atoms with Crippen molar-refractivity contribution in [2.45, 2.75) is 13.1 Å². The SMILES string of the molecule is CN(Cc1nc2c([nH]1)c(=O)n(C)c(=O)n2C)Cc1cn(-c2ccccc2)nc1-c1ccc(Cl)cc1. The van der Waals surface area contributed by atoms with Gasteiger partial charge in [0.05, 0.1) is 17.9 Å². The van der Waals surface area contributed by atoms with Gasteiger partial charge >= 0.3 is 5.69 Å². The average Bonchev–Trinajstić information content (AvgIpc) is 3.47. The first-order chi connectivity index (χ1) is 16.8. The maximum absolute atomic E-state index is 12.5. The molecule has 0 bridgehead atoms. The number of aromatic nitrogens is 6. The van der Waals surface area contributed by atoms with Gasteiger partial charge in [-0.2, -0.15) is 5.10 Å². The van der Waals surface area contributed by atoms with E-state index in [0.717, 1.165) is 27.1 Å². The molecule has 0 spiro atoms. The van der Waals surface area contributed by atoms with E-state index in [1.165, 1.54) is 11.6 Å². The number of nitrogens with zero attached hydrogens (tertiary/aromatic N) is 6. The summed E-state index contributed by atoms with van der Waals surface area (Å²) in [5.41, 5.74) is 3.68. The molecule has 3 aromatic heterocycles. The fraction of sp³-hybridized carbons (Fsp3) is 0.200. The van der Waals surface area contributed by atoms with Crippen molar-refractivity contribution in [2.24, 2.45) is 14.1 Å². The highest BCUT2D eigenvalue weighted by Gasteiger charge is 2.17. The van der Waals surface area contributed by atoms with Gasteiger partial charge in [0.15, 0.2) is 5.65 Å². The molecule has 1 N–H and O–H groups in total. The Bertz CT molecular complexity index is 1630. The lowest BCUT2D eigenvalue weighted by atomic mass is 10.1. The highest BCUT2D eigenvalue weighted by atomic mass is 35.5. The van der Waals surface area contributed by atoms with Gasteiger partial charge in [0.2, 0.25) is 0 Å². The van der Waals surface area contributed by atoms with Crippen molar-refractivity contribution in [1.82, 2.24) is 33.8 Å². The maximum Gasteiger partial charge on any atom is 0.332 e. The van der Waals surface area contributed by atoms with E-state index in [1.54, 1.807) is 7.05 Å². The predicted molar refractivity (Wildman–Crippen MR) is 136 cm³/mol. The van der Waals surface area contributed by atoms with Crippen molar-refractivity contribution in [3.05, 3.63) is 98.0 Å². The lowest BCUT2D eigenvalue weighted by Crippen LogP contribution is -2.36. The fourth-order valence-electron chi connectivity index (χ4n) is 4.14. The van der Waals surface area contributed by atoms with E-state index in [0.29, 0.717) is 35.1 Å². The smallest absolute Gasteiger partial charge is 0.332 e. The van der Waals surface area contributed by atoms with Crippen LogP contribution in [-0.2, 0) is 27.2 Å². The van der Waals surface area contributed by atoms with Crippen LogP contribution in [0.15, 0.2) is 70.4 Å². The number of para-hydroxylation sites is 1. The number of nitrogens with one attached hydrogen (secondary N) is 1. The number of H-pyrrole nitrogens is 1. The Morgan fingerprint density at radius 1 is 0.971 bits per heavy atom. The standard InChI is InChI=1S/C25H24ClN7O2/c1-30(15-20-27-22-23(28-20)31(2)25(35)32(3)24(22)34)13-17-14-33(19-7-5-4-6-8-19)29-21(17)16-9-11-18(26)12-10-16/h4-12,14H,13,15H2,1-3H3,(H,27,28). The van der Waals surface area contributed by atoms with Crippen LogP contribution >= 0.6 is 11.6 Å². The van der Waals surface area contributed by atoms with Gasteiger partial charge in [-0.1, -0.05) is 41.9 Å². The molecule has 0 aliphatic carbocycles. The van der Waals surface area contributed by atoms with Crippen LogP contribution in [0.4, 0.5) is 0 Å². The van der Waals surface area contributed by atoms with Crippen LogP contribution in [0.1, 0.15) is 11.4 Å². The number of aryl methyl sites for hydroxylation is 1.